The average Bonchev–Trinajstić information content (AvgIpc) is 2.26. The van der Waals surface area contributed by atoms with Crippen molar-refractivity contribution in [2.75, 3.05) is 0 Å². The van der Waals surface area contributed by atoms with Crippen LogP contribution >= 0.6 is 0 Å². The number of hydrogen-bond donors (Lipinski definition) is 0. The molecule has 0 fully saturated rings. The Morgan fingerprint density at radius 2 is 1.94 bits per heavy atom. The van der Waals surface area contributed by atoms with E-state index < -0.39 is 16.2 Å². The first-order valence-corrected chi connectivity index (χ1v) is 6.36. The third-order valence-corrected chi connectivity index (χ3v) is 3.44. The first-order chi connectivity index (χ1) is 7.49. The highest BCUT2D eigenvalue weighted by Gasteiger charge is 2.18. The molecule has 0 aliphatic carbocycles. The summed E-state index contributed by atoms with van der Waals surface area (Å²) in [6.07, 6.45) is 4.91. The summed E-state index contributed by atoms with van der Waals surface area (Å²) in [5, 5.41) is 0. The van der Waals surface area contributed by atoms with Gasteiger partial charge in [0.15, 0.2) is 0 Å². The summed E-state index contributed by atoms with van der Waals surface area (Å²) in [5.74, 6) is 2.29. The highest BCUT2D eigenvalue weighted by atomic mass is 32.2. The summed E-state index contributed by atoms with van der Waals surface area (Å²) in [6, 6.07) is 6.45. The standard InChI is InChI=1S/C12H14O3S/c1-4-11(5-2)15-16(13,14)12-8-6-10(3)7-9-12/h1,6-9,11H,5H2,2-3H3/t11-/m1/s1. The quantitative estimate of drug-likeness (QED) is 0.596. The van der Waals surface area contributed by atoms with Gasteiger partial charge in [-0.15, -0.1) is 6.42 Å². The predicted molar refractivity (Wildman–Crippen MR) is 62.4 cm³/mol. The molecule has 0 aliphatic rings. The van der Waals surface area contributed by atoms with E-state index in [-0.39, 0.29) is 4.90 Å². The van der Waals surface area contributed by atoms with Crippen molar-refractivity contribution < 1.29 is 12.6 Å². The smallest absolute Gasteiger partial charge is 0.250 e. The summed E-state index contributed by atoms with van der Waals surface area (Å²) in [6.45, 7) is 3.66. The lowest BCUT2D eigenvalue weighted by molar-refractivity contribution is 0.260. The molecule has 0 saturated carbocycles. The van der Waals surface area contributed by atoms with Crippen LogP contribution in [0.15, 0.2) is 29.2 Å². The molecule has 0 radical (unpaired) electrons. The molecule has 4 heteroatoms. The second-order valence-corrected chi connectivity index (χ2v) is 5.00. The average molecular weight is 238 g/mol. The Morgan fingerprint density at radius 1 is 1.38 bits per heavy atom. The first-order valence-electron chi connectivity index (χ1n) is 4.95. The summed E-state index contributed by atoms with van der Waals surface area (Å²) < 4.78 is 28.4. The Hall–Kier alpha value is -1.31. The molecule has 1 aromatic rings. The minimum absolute atomic E-state index is 0.131. The van der Waals surface area contributed by atoms with E-state index in [1.54, 1.807) is 19.1 Å². The van der Waals surface area contributed by atoms with E-state index in [4.69, 9.17) is 10.6 Å². The van der Waals surface area contributed by atoms with E-state index in [1.807, 2.05) is 6.92 Å². The van der Waals surface area contributed by atoms with Crippen molar-refractivity contribution in [2.45, 2.75) is 31.3 Å². The fraction of sp³-hybridized carbons (Fsp3) is 0.333. The Balaban J connectivity index is 2.95. The number of aryl methyl sites for hydroxylation is 1. The Bertz CT molecular complexity index is 480. The van der Waals surface area contributed by atoms with Gasteiger partial charge in [0.2, 0.25) is 0 Å². The second kappa shape index (κ2) is 5.15. The maximum Gasteiger partial charge on any atom is 0.298 e. The molecule has 0 unspecified atom stereocenters. The van der Waals surface area contributed by atoms with Gasteiger partial charge in [0.1, 0.15) is 6.10 Å². The molecule has 16 heavy (non-hydrogen) atoms. The molecule has 1 rings (SSSR count). The third kappa shape index (κ3) is 3.09. The topological polar surface area (TPSA) is 43.4 Å². The first kappa shape index (κ1) is 12.8. The molecule has 1 atom stereocenters. The maximum atomic E-state index is 11.8. The van der Waals surface area contributed by atoms with Crippen molar-refractivity contribution in [3.8, 4) is 12.3 Å². The van der Waals surface area contributed by atoms with Crippen LogP contribution in [0.3, 0.4) is 0 Å². The third-order valence-electron chi connectivity index (χ3n) is 2.11. The molecule has 0 aliphatic heterocycles. The van der Waals surface area contributed by atoms with Gasteiger partial charge in [0.25, 0.3) is 10.1 Å². The fourth-order valence-corrected chi connectivity index (χ4v) is 2.21. The van der Waals surface area contributed by atoms with E-state index in [0.29, 0.717) is 6.42 Å². The zero-order valence-corrected chi connectivity index (χ0v) is 10.1. The highest BCUT2D eigenvalue weighted by Crippen LogP contribution is 2.15. The van der Waals surface area contributed by atoms with Crippen molar-refractivity contribution in [3.63, 3.8) is 0 Å². The molecule has 3 nitrogen and oxygen atoms in total. The molecule has 0 N–H and O–H groups in total. The second-order valence-electron chi connectivity index (χ2n) is 3.43. The molecule has 0 heterocycles. The molecule has 0 aromatic heterocycles. The molecule has 0 amide bonds. The van der Waals surface area contributed by atoms with Crippen molar-refractivity contribution in [1.82, 2.24) is 0 Å². The highest BCUT2D eigenvalue weighted by molar-refractivity contribution is 7.86. The van der Waals surface area contributed by atoms with Crippen molar-refractivity contribution in [1.29, 1.82) is 0 Å². The van der Waals surface area contributed by atoms with Crippen LogP contribution in [0.25, 0.3) is 0 Å². The van der Waals surface area contributed by atoms with Gasteiger partial charge in [0.05, 0.1) is 4.90 Å². The van der Waals surface area contributed by atoms with Crippen LogP contribution in [0.2, 0.25) is 0 Å². The molecule has 0 spiro atoms. The maximum absolute atomic E-state index is 11.8. The van der Waals surface area contributed by atoms with Gasteiger partial charge in [-0.25, -0.2) is 4.18 Å². The number of hydrogen-bond acceptors (Lipinski definition) is 3. The zero-order chi connectivity index (χ0) is 12.2. The van der Waals surface area contributed by atoms with Crippen LogP contribution in [-0.4, -0.2) is 14.5 Å². The van der Waals surface area contributed by atoms with Gasteiger partial charge in [-0.05, 0) is 25.5 Å². The predicted octanol–water partition coefficient (Wildman–Crippen LogP) is 2.11. The SMILES string of the molecule is C#C[C@H](CC)OS(=O)(=O)c1ccc(C)cc1. The Morgan fingerprint density at radius 3 is 2.38 bits per heavy atom. The molecule has 0 bridgehead atoms. The molecule has 1 aromatic carbocycles. The largest absolute Gasteiger partial charge is 0.298 e. The van der Waals surface area contributed by atoms with Gasteiger partial charge in [-0.3, -0.25) is 0 Å². The molecule has 86 valence electrons. The minimum atomic E-state index is -3.74. The van der Waals surface area contributed by atoms with Gasteiger partial charge >= 0.3 is 0 Å². The lowest BCUT2D eigenvalue weighted by Crippen LogP contribution is -2.16. The number of terminal acetylenes is 1. The van der Waals surface area contributed by atoms with E-state index in [2.05, 4.69) is 5.92 Å². The van der Waals surface area contributed by atoms with Crippen molar-refractivity contribution >= 4 is 10.1 Å². The van der Waals surface area contributed by atoms with Crippen LogP contribution in [0, 0.1) is 19.3 Å². The summed E-state index contributed by atoms with van der Waals surface area (Å²) in [5.41, 5.74) is 0.989. The lowest BCUT2D eigenvalue weighted by Gasteiger charge is -2.10. The fourth-order valence-electron chi connectivity index (χ4n) is 1.13. The van der Waals surface area contributed by atoms with E-state index in [0.717, 1.165) is 5.56 Å². The van der Waals surface area contributed by atoms with Crippen LogP contribution in [0.1, 0.15) is 18.9 Å². The van der Waals surface area contributed by atoms with Gasteiger partial charge < -0.3 is 0 Å². The minimum Gasteiger partial charge on any atom is -0.250 e. The van der Waals surface area contributed by atoms with E-state index in [1.165, 1.54) is 12.1 Å². The van der Waals surface area contributed by atoms with Gasteiger partial charge in [-0.2, -0.15) is 8.42 Å². The van der Waals surface area contributed by atoms with Gasteiger partial charge in [0, 0.05) is 0 Å². The van der Waals surface area contributed by atoms with Crippen molar-refractivity contribution in [2.24, 2.45) is 0 Å². The summed E-state index contributed by atoms with van der Waals surface area (Å²) in [7, 11) is -3.74. The van der Waals surface area contributed by atoms with Crippen LogP contribution in [0.4, 0.5) is 0 Å². The zero-order valence-electron chi connectivity index (χ0n) is 9.30. The van der Waals surface area contributed by atoms with E-state index >= 15 is 0 Å². The van der Waals surface area contributed by atoms with Crippen LogP contribution < -0.4 is 0 Å². The summed E-state index contributed by atoms with van der Waals surface area (Å²) in [4.78, 5) is 0.131. The lowest BCUT2D eigenvalue weighted by atomic mass is 10.2. The Kier molecular flexibility index (Phi) is 4.11. The number of rotatable bonds is 4. The Labute approximate surface area is 96.6 Å². The van der Waals surface area contributed by atoms with E-state index in [9.17, 15) is 8.42 Å². The monoisotopic (exact) mass is 238 g/mol. The normalized spacial score (nSPS) is 13.1. The number of benzene rings is 1. The van der Waals surface area contributed by atoms with Gasteiger partial charge in [-0.1, -0.05) is 30.5 Å². The molecule has 0 saturated heterocycles. The van der Waals surface area contributed by atoms with Crippen LogP contribution in [0.5, 0.6) is 0 Å². The molecular weight excluding hydrogens is 224 g/mol. The summed E-state index contributed by atoms with van der Waals surface area (Å²) >= 11 is 0. The van der Waals surface area contributed by atoms with Crippen LogP contribution in [-0.2, 0) is 14.3 Å². The van der Waals surface area contributed by atoms with Crippen molar-refractivity contribution in [3.05, 3.63) is 29.8 Å². The molecular formula is C12H14O3S.